The molecule has 66 valence electrons. The van der Waals surface area contributed by atoms with E-state index >= 15 is 0 Å². The van der Waals surface area contributed by atoms with E-state index < -0.39 is 0 Å². The summed E-state index contributed by atoms with van der Waals surface area (Å²) in [6.07, 6.45) is 2.56. The molecule has 0 unspecified atom stereocenters. The van der Waals surface area contributed by atoms with E-state index in [1.807, 2.05) is 19.1 Å². The zero-order valence-corrected chi connectivity index (χ0v) is 8.27. The third-order valence-electron chi connectivity index (χ3n) is 1.92. The van der Waals surface area contributed by atoms with Crippen LogP contribution in [0.4, 0.5) is 0 Å². The van der Waals surface area contributed by atoms with Crippen LogP contribution in [0.1, 0.15) is 24.2 Å². The van der Waals surface area contributed by atoms with Gasteiger partial charge in [-0.3, -0.25) is 0 Å². The van der Waals surface area contributed by atoms with Crippen molar-refractivity contribution >= 4 is 11.8 Å². The maximum absolute atomic E-state index is 8.85. The smallest absolute Gasteiger partial charge is 0.154 e. The van der Waals surface area contributed by atoms with Crippen molar-refractivity contribution in [1.82, 2.24) is 4.98 Å². The number of pyridine rings is 1. The van der Waals surface area contributed by atoms with Gasteiger partial charge >= 0.3 is 0 Å². The molecule has 13 heavy (non-hydrogen) atoms. The predicted octanol–water partition coefficient (Wildman–Crippen LogP) is 2.52. The van der Waals surface area contributed by atoms with Crippen LogP contribution < -0.4 is 0 Å². The van der Waals surface area contributed by atoms with Crippen LogP contribution >= 0.6 is 11.8 Å². The summed E-state index contributed by atoms with van der Waals surface area (Å²) in [5.74, 6) is 0. The fraction of sp³-hybridized carbons (Fsp3) is 0.400. The van der Waals surface area contributed by atoms with Gasteiger partial charge in [-0.15, -0.1) is 11.8 Å². The third-order valence-corrected chi connectivity index (χ3v) is 3.31. The van der Waals surface area contributed by atoms with Crippen LogP contribution in [0.25, 0.3) is 0 Å². The Hall–Kier alpha value is -1.01. The molecular weight excluding hydrogens is 180 g/mol. The van der Waals surface area contributed by atoms with Crippen LogP contribution in [-0.4, -0.2) is 10.2 Å². The topological polar surface area (TPSA) is 36.7 Å². The average molecular weight is 190 g/mol. The molecule has 0 atom stereocenters. The first-order chi connectivity index (χ1) is 6.29. The van der Waals surface area contributed by atoms with E-state index in [4.69, 9.17) is 5.26 Å². The van der Waals surface area contributed by atoms with E-state index in [0.717, 1.165) is 15.8 Å². The van der Waals surface area contributed by atoms with Crippen molar-refractivity contribution < 1.29 is 0 Å². The van der Waals surface area contributed by atoms with E-state index in [-0.39, 0.29) is 0 Å². The summed E-state index contributed by atoms with van der Waals surface area (Å²) in [7, 11) is 0. The Balaban J connectivity index is 2.27. The number of nitrogens with zero attached hydrogens (tertiary/aromatic N) is 2. The Morgan fingerprint density at radius 1 is 1.54 bits per heavy atom. The molecule has 2 nitrogen and oxygen atoms in total. The summed E-state index contributed by atoms with van der Waals surface area (Å²) >= 11 is 1.78. The van der Waals surface area contributed by atoms with Gasteiger partial charge in [-0.05, 0) is 31.9 Å². The zero-order valence-electron chi connectivity index (χ0n) is 7.45. The minimum atomic E-state index is 0.580. The minimum Gasteiger partial charge on any atom is -0.241 e. The summed E-state index contributed by atoms with van der Waals surface area (Å²) < 4.78 is 0. The molecule has 3 heteroatoms. The number of hydrogen-bond donors (Lipinski definition) is 0. The molecular formula is C10H10N2S. The van der Waals surface area contributed by atoms with E-state index in [2.05, 4.69) is 11.1 Å². The standard InChI is InChI=1S/C10H10N2S/c1-7-2-5-10(9(6-11)12-7)13-8-3-4-8/h2,5,8H,3-4H2,1H3. The van der Waals surface area contributed by atoms with Crippen LogP contribution in [0.2, 0.25) is 0 Å². The Morgan fingerprint density at radius 3 is 2.92 bits per heavy atom. The second kappa shape index (κ2) is 3.39. The van der Waals surface area contributed by atoms with Crippen molar-refractivity contribution in [2.45, 2.75) is 29.9 Å². The lowest BCUT2D eigenvalue weighted by Crippen LogP contribution is -1.90. The number of aromatic nitrogens is 1. The van der Waals surface area contributed by atoms with Gasteiger partial charge in [0.05, 0.1) is 0 Å². The molecule has 1 saturated carbocycles. The fourth-order valence-electron chi connectivity index (χ4n) is 1.08. The third kappa shape index (κ3) is 2.02. The van der Waals surface area contributed by atoms with Gasteiger partial charge in [0.25, 0.3) is 0 Å². The molecule has 1 aromatic heterocycles. The van der Waals surface area contributed by atoms with Crippen molar-refractivity contribution in [1.29, 1.82) is 5.26 Å². The van der Waals surface area contributed by atoms with Crippen LogP contribution in [-0.2, 0) is 0 Å². The lowest BCUT2D eigenvalue weighted by atomic mass is 10.3. The Morgan fingerprint density at radius 2 is 2.31 bits per heavy atom. The number of nitriles is 1. The molecule has 1 aliphatic rings. The van der Waals surface area contributed by atoms with Crippen LogP contribution in [0, 0.1) is 18.3 Å². The molecule has 0 radical (unpaired) electrons. The summed E-state index contributed by atoms with van der Waals surface area (Å²) in [4.78, 5) is 5.23. The molecule has 0 N–H and O–H groups in total. The fourth-order valence-corrected chi connectivity index (χ4v) is 2.17. The van der Waals surface area contributed by atoms with Crippen LogP contribution in [0.15, 0.2) is 17.0 Å². The second-order valence-corrected chi connectivity index (χ2v) is 4.57. The van der Waals surface area contributed by atoms with Crippen molar-refractivity contribution in [3.8, 4) is 6.07 Å². The predicted molar refractivity (Wildman–Crippen MR) is 52.6 cm³/mol. The number of thioether (sulfide) groups is 1. The van der Waals surface area contributed by atoms with E-state index in [9.17, 15) is 0 Å². The van der Waals surface area contributed by atoms with Gasteiger partial charge in [-0.25, -0.2) is 4.98 Å². The van der Waals surface area contributed by atoms with Crippen molar-refractivity contribution in [3.63, 3.8) is 0 Å². The first-order valence-electron chi connectivity index (χ1n) is 4.34. The monoisotopic (exact) mass is 190 g/mol. The molecule has 1 fully saturated rings. The zero-order chi connectivity index (χ0) is 9.26. The highest BCUT2D eigenvalue weighted by molar-refractivity contribution is 8.00. The highest BCUT2D eigenvalue weighted by Crippen LogP contribution is 2.39. The van der Waals surface area contributed by atoms with Gasteiger partial charge < -0.3 is 0 Å². The number of aryl methyl sites for hydroxylation is 1. The molecule has 1 aromatic rings. The first kappa shape index (κ1) is 8.58. The summed E-state index contributed by atoms with van der Waals surface area (Å²) in [6, 6.07) is 6.11. The van der Waals surface area contributed by atoms with Crippen molar-refractivity contribution in [2.75, 3.05) is 0 Å². The largest absolute Gasteiger partial charge is 0.241 e. The Kier molecular flexibility index (Phi) is 2.24. The molecule has 1 aliphatic carbocycles. The molecule has 0 bridgehead atoms. The van der Waals surface area contributed by atoms with E-state index in [1.165, 1.54) is 12.8 Å². The quantitative estimate of drug-likeness (QED) is 0.719. The maximum atomic E-state index is 8.85. The van der Waals surface area contributed by atoms with Gasteiger partial charge in [0.1, 0.15) is 6.07 Å². The Labute approximate surface area is 82.0 Å². The molecule has 0 amide bonds. The summed E-state index contributed by atoms with van der Waals surface area (Å²) in [5, 5.41) is 9.58. The van der Waals surface area contributed by atoms with Gasteiger partial charge in [0.2, 0.25) is 0 Å². The molecule has 2 rings (SSSR count). The van der Waals surface area contributed by atoms with Crippen LogP contribution in [0.3, 0.4) is 0 Å². The SMILES string of the molecule is Cc1ccc(SC2CC2)c(C#N)n1. The number of rotatable bonds is 2. The second-order valence-electron chi connectivity index (χ2n) is 3.23. The highest BCUT2D eigenvalue weighted by Gasteiger charge is 2.23. The molecule has 0 spiro atoms. The lowest BCUT2D eigenvalue weighted by molar-refractivity contribution is 1.11. The highest BCUT2D eigenvalue weighted by atomic mass is 32.2. The molecule has 0 aromatic carbocycles. The normalized spacial score (nSPS) is 15.4. The molecule has 1 heterocycles. The van der Waals surface area contributed by atoms with Gasteiger partial charge in [0.15, 0.2) is 5.69 Å². The maximum Gasteiger partial charge on any atom is 0.154 e. The molecule has 0 saturated heterocycles. The van der Waals surface area contributed by atoms with Crippen molar-refractivity contribution in [2.24, 2.45) is 0 Å². The van der Waals surface area contributed by atoms with E-state index in [1.54, 1.807) is 11.8 Å². The lowest BCUT2D eigenvalue weighted by Gasteiger charge is -2.01. The van der Waals surface area contributed by atoms with Gasteiger partial charge in [-0.2, -0.15) is 5.26 Å². The van der Waals surface area contributed by atoms with E-state index in [0.29, 0.717) is 5.69 Å². The van der Waals surface area contributed by atoms with Gasteiger partial charge in [0, 0.05) is 15.8 Å². The van der Waals surface area contributed by atoms with Crippen molar-refractivity contribution in [3.05, 3.63) is 23.5 Å². The Bertz CT molecular complexity index is 364. The summed E-state index contributed by atoms with van der Waals surface area (Å²) in [6.45, 7) is 1.91. The first-order valence-corrected chi connectivity index (χ1v) is 5.22. The summed E-state index contributed by atoms with van der Waals surface area (Å²) in [5.41, 5.74) is 1.49. The average Bonchev–Trinajstić information content (AvgIpc) is 2.92. The molecule has 0 aliphatic heterocycles. The minimum absolute atomic E-state index is 0.580. The number of hydrogen-bond acceptors (Lipinski definition) is 3. The van der Waals surface area contributed by atoms with Gasteiger partial charge in [-0.1, -0.05) is 0 Å². The van der Waals surface area contributed by atoms with Crippen LogP contribution in [0.5, 0.6) is 0 Å².